The van der Waals surface area contributed by atoms with Crippen LogP contribution in [0.4, 0.5) is 0 Å². The molecule has 2 atom stereocenters. The first-order chi connectivity index (χ1) is 12.1. The molecule has 0 saturated heterocycles. The SMILES string of the molecule is CCCN(CC(=O)N[C@@H](C)C(=O)O)C(=O)[C@H](CCCC(N)=O)NC(C)=O. The molecule has 0 saturated carbocycles. The fraction of sp³-hybridized carbons (Fsp3) is 0.688. The van der Waals surface area contributed by atoms with Gasteiger partial charge < -0.3 is 26.4 Å². The van der Waals surface area contributed by atoms with E-state index in [0.29, 0.717) is 12.8 Å². The molecule has 0 unspecified atom stereocenters. The van der Waals surface area contributed by atoms with Crippen molar-refractivity contribution in [3.8, 4) is 0 Å². The average Bonchev–Trinajstić information content (AvgIpc) is 2.51. The maximum Gasteiger partial charge on any atom is 0.325 e. The minimum absolute atomic E-state index is 0.0771. The third kappa shape index (κ3) is 9.60. The number of carboxylic acids is 1. The first-order valence-electron chi connectivity index (χ1n) is 8.44. The molecule has 0 fully saturated rings. The Morgan fingerprint density at radius 3 is 2.23 bits per heavy atom. The van der Waals surface area contributed by atoms with Crippen LogP contribution in [0.2, 0.25) is 0 Å². The minimum Gasteiger partial charge on any atom is -0.480 e. The quantitative estimate of drug-likeness (QED) is 0.343. The Balaban J connectivity index is 5.03. The van der Waals surface area contributed by atoms with Gasteiger partial charge in [0, 0.05) is 19.9 Å². The fourth-order valence-electron chi connectivity index (χ4n) is 2.26. The molecule has 10 nitrogen and oxygen atoms in total. The van der Waals surface area contributed by atoms with Crippen molar-refractivity contribution in [2.24, 2.45) is 5.73 Å². The Morgan fingerprint density at radius 1 is 1.15 bits per heavy atom. The molecule has 0 aliphatic heterocycles. The van der Waals surface area contributed by atoms with Crippen LogP contribution in [-0.2, 0) is 24.0 Å². The van der Waals surface area contributed by atoms with Crippen LogP contribution in [-0.4, -0.2) is 64.8 Å². The molecule has 148 valence electrons. The van der Waals surface area contributed by atoms with Crippen LogP contribution in [0.1, 0.15) is 46.5 Å². The van der Waals surface area contributed by atoms with Crippen molar-refractivity contribution < 1.29 is 29.1 Å². The number of hydrogen-bond acceptors (Lipinski definition) is 5. The fourth-order valence-corrected chi connectivity index (χ4v) is 2.26. The largest absolute Gasteiger partial charge is 0.480 e. The van der Waals surface area contributed by atoms with E-state index in [1.165, 1.54) is 18.7 Å². The number of carbonyl (C=O) groups is 5. The second-order valence-corrected chi connectivity index (χ2v) is 6.00. The van der Waals surface area contributed by atoms with Gasteiger partial charge in [-0.2, -0.15) is 0 Å². The van der Waals surface area contributed by atoms with E-state index in [1.807, 2.05) is 6.92 Å². The summed E-state index contributed by atoms with van der Waals surface area (Å²) in [4.78, 5) is 59.0. The molecular weight excluding hydrogens is 344 g/mol. The van der Waals surface area contributed by atoms with Gasteiger partial charge in [0.15, 0.2) is 0 Å². The summed E-state index contributed by atoms with van der Waals surface area (Å²) in [5, 5.41) is 13.6. The number of nitrogens with one attached hydrogen (secondary N) is 2. The van der Waals surface area contributed by atoms with E-state index in [4.69, 9.17) is 10.8 Å². The highest BCUT2D eigenvalue weighted by Gasteiger charge is 2.27. The number of nitrogens with zero attached hydrogens (tertiary/aromatic N) is 1. The van der Waals surface area contributed by atoms with Gasteiger partial charge in [-0.1, -0.05) is 6.92 Å². The average molecular weight is 372 g/mol. The summed E-state index contributed by atoms with van der Waals surface area (Å²) < 4.78 is 0. The van der Waals surface area contributed by atoms with Gasteiger partial charge >= 0.3 is 5.97 Å². The summed E-state index contributed by atoms with van der Waals surface area (Å²) in [6, 6.07) is -1.97. The number of primary amides is 1. The molecule has 4 amide bonds. The van der Waals surface area contributed by atoms with Crippen molar-refractivity contribution in [3.05, 3.63) is 0 Å². The number of hydrogen-bond donors (Lipinski definition) is 4. The van der Waals surface area contributed by atoms with Gasteiger partial charge in [-0.25, -0.2) is 0 Å². The third-order valence-electron chi connectivity index (χ3n) is 3.48. The molecule has 0 aromatic rings. The molecule has 0 spiro atoms. The van der Waals surface area contributed by atoms with Crippen molar-refractivity contribution in [1.82, 2.24) is 15.5 Å². The molecule has 0 aliphatic rings. The molecule has 10 heteroatoms. The zero-order valence-electron chi connectivity index (χ0n) is 15.4. The zero-order chi connectivity index (χ0) is 20.3. The number of nitrogens with two attached hydrogens (primary N) is 1. The van der Waals surface area contributed by atoms with Crippen molar-refractivity contribution in [3.63, 3.8) is 0 Å². The van der Waals surface area contributed by atoms with Crippen LogP contribution >= 0.6 is 0 Å². The molecule has 0 radical (unpaired) electrons. The van der Waals surface area contributed by atoms with Gasteiger partial charge in [0.2, 0.25) is 23.6 Å². The number of rotatable bonds is 12. The lowest BCUT2D eigenvalue weighted by atomic mass is 10.1. The van der Waals surface area contributed by atoms with Gasteiger partial charge in [-0.15, -0.1) is 0 Å². The Bertz CT molecular complexity index is 537. The first kappa shape index (κ1) is 23.4. The maximum absolute atomic E-state index is 12.7. The highest BCUT2D eigenvalue weighted by molar-refractivity contribution is 5.91. The predicted molar refractivity (Wildman–Crippen MR) is 92.8 cm³/mol. The highest BCUT2D eigenvalue weighted by atomic mass is 16.4. The number of carbonyl (C=O) groups excluding carboxylic acids is 4. The van der Waals surface area contributed by atoms with Crippen LogP contribution in [0.5, 0.6) is 0 Å². The van der Waals surface area contributed by atoms with Crippen LogP contribution in [0.15, 0.2) is 0 Å². The van der Waals surface area contributed by atoms with E-state index in [1.54, 1.807) is 0 Å². The Morgan fingerprint density at radius 2 is 1.77 bits per heavy atom. The number of amides is 4. The van der Waals surface area contributed by atoms with E-state index in [0.717, 1.165) is 0 Å². The number of aliphatic carboxylic acids is 1. The lowest BCUT2D eigenvalue weighted by Gasteiger charge is -2.27. The zero-order valence-corrected chi connectivity index (χ0v) is 15.4. The summed E-state index contributed by atoms with van der Waals surface area (Å²) in [5.41, 5.74) is 5.08. The first-order valence-corrected chi connectivity index (χ1v) is 8.44. The standard InChI is InChI=1S/C16H28N4O6/c1-4-8-20(9-14(23)18-10(2)16(25)26)15(24)12(19-11(3)21)6-5-7-13(17)22/h10,12H,4-9H2,1-3H3,(H2,17,22)(H,18,23)(H,19,21)(H,25,26)/t10-,12-/m0/s1. The molecular formula is C16H28N4O6. The van der Waals surface area contributed by atoms with E-state index in [9.17, 15) is 24.0 Å². The van der Waals surface area contributed by atoms with Gasteiger partial charge in [0.25, 0.3) is 0 Å². The van der Waals surface area contributed by atoms with Crippen molar-refractivity contribution in [2.75, 3.05) is 13.1 Å². The molecule has 0 aliphatic carbocycles. The van der Waals surface area contributed by atoms with Crippen molar-refractivity contribution >= 4 is 29.6 Å². The Kier molecular flexibility index (Phi) is 10.6. The third-order valence-corrected chi connectivity index (χ3v) is 3.48. The van der Waals surface area contributed by atoms with E-state index in [2.05, 4.69) is 10.6 Å². The minimum atomic E-state index is -1.19. The predicted octanol–water partition coefficient (Wildman–Crippen LogP) is -1.03. The van der Waals surface area contributed by atoms with Gasteiger partial charge in [-0.05, 0) is 26.2 Å². The Hall–Kier alpha value is -2.65. The van der Waals surface area contributed by atoms with Gasteiger partial charge in [0.05, 0.1) is 6.54 Å². The summed E-state index contributed by atoms with van der Waals surface area (Å²) in [5.74, 6) is -3.19. The summed E-state index contributed by atoms with van der Waals surface area (Å²) in [7, 11) is 0. The second-order valence-electron chi connectivity index (χ2n) is 6.00. The van der Waals surface area contributed by atoms with Crippen molar-refractivity contribution in [2.45, 2.75) is 58.5 Å². The van der Waals surface area contributed by atoms with Gasteiger partial charge in [-0.3, -0.25) is 24.0 Å². The molecule has 0 aromatic carbocycles. The molecule has 0 rings (SSSR count). The Labute approximate surface area is 152 Å². The molecule has 26 heavy (non-hydrogen) atoms. The van der Waals surface area contributed by atoms with E-state index >= 15 is 0 Å². The van der Waals surface area contributed by atoms with Gasteiger partial charge in [0.1, 0.15) is 12.1 Å². The van der Waals surface area contributed by atoms with Crippen LogP contribution < -0.4 is 16.4 Å². The molecule has 0 bridgehead atoms. The monoisotopic (exact) mass is 372 g/mol. The maximum atomic E-state index is 12.7. The van der Waals surface area contributed by atoms with E-state index < -0.39 is 41.7 Å². The molecule has 5 N–H and O–H groups in total. The summed E-state index contributed by atoms with van der Waals surface area (Å²) in [6.07, 6.45) is 1.16. The lowest BCUT2D eigenvalue weighted by molar-refractivity contribution is -0.143. The topological polar surface area (TPSA) is 159 Å². The van der Waals surface area contributed by atoms with Crippen molar-refractivity contribution in [1.29, 1.82) is 0 Å². The summed E-state index contributed by atoms with van der Waals surface area (Å²) >= 11 is 0. The molecule has 0 aromatic heterocycles. The normalized spacial score (nSPS) is 12.6. The highest BCUT2D eigenvalue weighted by Crippen LogP contribution is 2.06. The summed E-state index contributed by atoms with van der Waals surface area (Å²) in [6.45, 7) is 4.34. The van der Waals surface area contributed by atoms with Crippen LogP contribution in [0, 0.1) is 0 Å². The lowest BCUT2D eigenvalue weighted by Crippen LogP contribution is -2.52. The van der Waals surface area contributed by atoms with E-state index in [-0.39, 0.29) is 25.9 Å². The molecule has 0 heterocycles. The van der Waals surface area contributed by atoms with Crippen LogP contribution in [0.3, 0.4) is 0 Å². The smallest absolute Gasteiger partial charge is 0.325 e. The number of carboxylic acid groups (broad SMARTS) is 1. The second kappa shape index (κ2) is 11.8. The van der Waals surface area contributed by atoms with Crippen LogP contribution in [0.25, 0.3) is 0 Å².